The van der Waals surface area contributed by atoms with Gasteiger partial charge in [0.1, 0.15) is 11.3 Å². The first-order valence-corrected chi connectivity index (χ1v) is 7.96. The fourth-order valence-corrected chi connectivity index (χ4v) is 2.75. The van der Waals surface area contributed by atoms with Crippen LogP contribution < -0.4 is 0 Å². The Kier molecular flexibility index (Phi) is 5.20. The van der Waals surface area contributed by atoms with Crippen molar-refractivity contribution < 1.29 is 14.3 Å². The smallest absolute Gasteiger partial charge is 0.306 e. The van der Waals surface area contributed by atoms with Crippen molar-refractivity contribution in [1.29, 1.82) is 0 Å². The molecule has 0 fully saturated rings. The number of hydrogen-bond acceptors (Lipinski definition) is 4. The third-order valence-electron chi connectivity index (χ3n) is 3.84. The Labute approximate surface area is 131 Å². The van der Waals surface area contributed by atoms with Crippen molar-refractivity contribution in [2.75, 3.05) is 13.3 Å². The molecule has 0 saturated carbocycles. The van der Waals surface area contributed by atoms with Crippen LogP contribution in [0.4, 0.5) is 0 Å². The number of ether oxygens (including phenoxy) is 2. The zero-order valence-corrected chi connectivity index (χ0v) is 13.8. The SMILES string of the molecule is CC(C)CCCCC1(C)C=CC2=C(OCN2CC(=O)Cl)O1. The van der Waals surface area contributed by atoms with Crippen LogP contribution in [0, 0.1) is 5.92 Å². The topological polar surface area (TPSA) is 38.8 Å². The van der Waals surface area contributed by atoms with Crippen molar-refractivity contribution in [3.05, 3.63) is 23.8 Å². The van der Waals surface area contributed by atoms with Crippen LogP contribution in [0.3, 0.4) is 0 Å². The quantitative estimate of drug-likeness (QED) is 0.530. The van der Waals surface area contributed by atoms with Crippen molar-refractivity contribution in [3.63, 3.8) is 0 Å². The number of carbonyl (C=O) groups excluding carboxylic acids is 1. The minimum absolute atomic E-state index is 0.138. The molecular weight excluding hydrogens is 290 g/mol. The molecule has 1 atom stereocenters. The molecule has 2 aliphatic rings. The molecule has 0 aliphatic carbocycles. The van der Waals surface area contributed by atoms with Gasteiger partial charge in [-0.2, -0.15) is 0 Å². The lowest BCUT2D eigenvalue weighted by molar-refractivity contribution is -0.112. The van der Waals surface area contributed by atoms with Gasteiger partial charge in [0.15, 0.2) is 6.73 Å². The van der Waals surface area contributed by atoms with Crippen molar-refractivity contribution in [2.45, 2.75) is 52.1 Å². The van der Waals surface area contributed by atoms with E-state index in [2.05, 4.69) is 26.8 Å². The Morgan fingerprint density at radius 1 is 1.48 bits per heavy atom. The zero-order valence-electron chi connectivity index (χ0n) is 13.0. The summed E-state index contributed by atoms with van der Waals surface area (Å²) in [4.78, 5) is 12.8. The number of halogens is 1. The molecule has 21 heavy (non-hydrogen) atoms. The van der Waals surface area contributed by atoms with Gasteiger partial charge in [0.2, 0.25) is 5.24 Å². The van der Waals surface area contributed by atoms with Crippen LogP contribution in [-0.4, -0.2) is 29.0 Å². The van der Waals surface area contributed by atoms with Crippen LogP contribution in [-0.2, 0) is 14.3 Å². The van der Waals surface area contributed by atoms with Crippen LogP contribution in [0.2, 0.25) is 0 Å². The Balaban J connectivity index is 1.88. The van der Waals surface area contributed by atoms with Crippen LogP contribution in [0.5, 0.6) is 0 Å². The number of hydrogen-bond donors (Lipinski definition) is 0. The van der Waals surface area contributed by atoms with Gasteiger partial charge >= 0.3 is 5.95 Å². The molecule has 0 N–H and O–H groups in total. The van der Waals surface area contributed by atoms with E-state index < -0.39 is 5.24 Å². The average molecular weight is 314 g/mol. The lowest BCUT2D eigenvalue weighted by atomic mass is 9.94. The summed E-state index contributed by atoms with van der Waals surface area (Å²) in [6.45, 7) is 7.02. The van der Waals surface area contributed by atoms with E-state index in [0.29, 0.717) is 12.7 Å². The highest BCUT2D eigenvalue weighted by molar-refractivity contribution is 6.64. The number of carbonyl (C=O) groups is 1. The van der Waals surface area contributed by atoms with Gasteiger partial charge in [0.25, 0.3) is 0 Å². The number of unbranched alkanes of at least 4 members (excludes halogenated alkanes) is 1. The normalized spacial score (nSPS) is 24.1. The first-order valence-electron chi connectivity index (χ1n) is 7.58. The average Bonchev–Trinajstić information content (AvgIpc) is 2.76. The Morgan fingerprint density at radius 2 is 2.24 bits per heavy atom. The predicted molar refractivity (Wildman–Crippen MR) is 82.5 cm³/mol. The maximum Gasteiger partial charge on any atom is 0.306 e. The lowest BCUT2D eigenvalue weighted by Crippen LogP contribution is -2.30. The number of allylic oxidation sites excluding steroid dienone is 1. The van der Waals surface area contributed by atoms with Crippen molar-refractivity contribution in [3.8, 4) is 0 Å². The van der Waals surface area contributed by atoms with E-state index in [0.717, 1.165) is 24.5 Å². The molecule has 0 aromatic carbocycles. The molecule has 0 amide bonds. The molecule has 2 heterocycles. The standard InChI is InChI=1S/C16H24ClNO3/c1-12(2)6-4-5-8-16(3)9-7-13-15(21-16)20-11-18(13)10-14(17)19/h7,9,12H,4-6,8,10-11H2,1-3H3. The highest BCUT2D eigenvalue weighted by Crippen LogP contribution is 2.35. The second-order valence-corrected chi connectivity index (χ2v) is 6.81. The van der Waals surface area contributed by atoms with Gasteiger partial charge in [-0.1, -0.05) is 26.7 Å². The van der Waals surface area contributed by atoms with E-state index in [-0.39, 0.29) is 12.1 Å². The molecule has 118 valence electrons. The van der Waals surface area contributed by atoms with Gasteiger partial charge in [-0.25, -0.2) is 0 Å². The Hall–Kier alpha value is -1.16. The number of nitrogens with zero attached hydrogens (tertiary/aromatic N) is 1. The summed E-state index contributed by atoms with van der Waals surface area (Å²) >= 11 is 5.43. The van der Waals surface area contributed by atoms with E-state index >= 15 is 0 Å². The van der Waals surface area contributed by atoms with Gasteiger partial charge < -0.3 is 14.4 Å². The molecule has 5 heteroatoms. The molecule has 0 aromatic heterocycles. The summed E-state index contributed by atoms with van der Waals surface area (Å²) < 4.78 is 11.5. The van der Waals surface area contributed by atoms with Gasteiger partial charge in [-0.3, -0.25) is 4.79 Å². The zero-order chi connectivity index (χ0) is 15.5. The van der Waals surface area contributed by atoms with E-state index in [4.69, 9.17) is 21.1 Å². The second-order valence-electron chi connectivity index (χ2n) is 6.39. The lowest BCUT2D eigenvalue weighted by Gasteiger charge is -2.30. The van der Waals surface area contributed by atoms with Crippen LogP contribution in [0.15, 0.2) is 23.8 Å². The largest absolute Gasteiger partial charge is 0.453 e. The highest BCUT2D eigenvalue weighted by Gasteiger charge is 2.35. The summed E-state index contributed by atoms with van der Waals surface area (Å²) in [6, 6.07) is 0. The van der Waals surface area contributed by atoms with Crippen molar-refractivity contribution in [1.82, 2.24) is 4.90 Å². The van der Waals surface area contributed by atoms with E-state index in [1.807, 2.05) is 6.08 Å². The molecule has 4 nitrogen and oxygen atoms in total. The minimum atomic E-state index is -0.400. The molecule has 2 rings (SSSR count). The van der Waals surface area contributed by atoms with Crippen LogP contribution in [0.25, 0.3) is 0 Å². The first-order chi connectivity index (χ1) is 9.89. The van der Waals surface area contributed by atoms with Gasteiger partial charge in [-0.15, -0.1) is 0 Å². The van der Waals surface area contributed by atoms with Crippen LogP contribution in [0.1, 0.15) is 46.5 Å². The maximum atomic E-state index is 11.0. The fourth-order valence-electron chi connectivity index (χ4n) is 2.61. The number of rotatable bonds is 7. The third kappa shape index (κ3) is 4.40. The van der Waals surface area contributed by atoms with Crippen molar-refractivity contribution in [2.24, 2.45) is 5.92 Å². The molecule has 0 saturated heterocycles. The summed E-state index contributed by atoms with van der Waals surface area (Å²) in [5.41, 5.74) is 0.486. The third-order valence-corrected chi connectivity index (χ3v) is 3.96. The summed E-state index contributed by atoms with van der Waals surface area (Å²) in [6.07, 6.45) is 8.59. The molecule has 1 unspecified atom stereocenters. The monoisotopic (exact) mass is 313 g/mol. The van der Waals surface area contributed by atoms with E-state index in [1.54, 1.807) is 4.90 Å². The molecule has 2 aliphatic heterocycles. The maximum absolute atomic E-state index is 11.0. The fraction of sp³-hybridized carbons (Fsp3) is 0.688. The second kappa shape index (κ2) is 6.73. The van der Waals surface area contributed by atoms with Crippen molar-refractivity contribution >= 4 is 16.8 Å². The molecule has 0 radical (unpaired) electrons. The molecule has 0 spiro atoms. The highest BCUT2D eigenvalue weighted by atomic mass is 35.5. The van der Waals surface area contributed by atoms with Gasteiger partial charge in [0, 0.05) is 0 Å². The Bertz CT molecular complexity index is 458. The minimum Gasteiger partial charge on any atom is -0.453 e. The van der Waals surface area contributed by atoms with E-state index in [1.165, 1.54) is 12.8 Å². The molecular formula is C16H24ClNO3. The first kappa shape index (κ1) is 16.2. The van der Waals surface area contributed by atoms with Gasteiger partial charge in [-0.05, 0) is 49.4 Å². The van der Waals surface area contributed by atoms with Gasteiger partial charge in [0.05, 0.1) is 6.54 Å². The summed E-state index contributed by atoms with van der Waals surface area (Å²) in [5.74, 6) is 1.26. The van der Waals surface area contributed by atoms with E-state index in [9.17, 15) is 4.79 Å². The summed E-state index contributed by atoms with van der Waals surface area (Å²) in [7, 11) is 0. The molecule has 0 aromatic rings. The van der Waals surface area contributed by atoms with Crippen LogP contribution >= 0.6 is 11.6 Å². The Morgan fingerprint density at radius 3 is 2.90 bits per heavy atom. The summed E-state index contributed by atoms with van der Waals surface area (Å²) in [5, 5.41) is -0.400. The molecule has 0 bridgehead atoms. The predicted octanol–water partition coefficient (Wildman–Crippen LogP) is 3.77.